The molecule has 0 atom stereocenters. The molecule has 0 unspecified atom stereocenters. The number of carbonyl (C=O) groups is 2. The van der Waals surface area contributed by atoms with E-state index in [9.17, 15) is 18.4 Å². The topological polar surface area (TPSA) is 97.8 Å². The Labute approximate surface area is 230 Å². The molecule has 2 N–H and O–H groups in total. The molecule has 0 saturated heterocycles. The van der Waals surface area contributed by atoms with Crippen molar-refractivity contribution in [3.05, 3.63) is 64.0 Å². The second-order valence-corrected chi connectivity index (χ2v) is 9.79. The van der Waals surface area contributed by atoms with Crippen molar-refractivity contribution in [2.24, 2.45) is 0 Å². The van der Waals surface area contributed by atoms with Gasteiger partial charge in [0.15, 0.2) is 16.6 Å². The van der Waals surface area contributed by atoms with Crippen molar-refractivity contribution in [1.29, 1.82) is 0 Å². The molecular weight excluding hydrogens is 526 g/mol. The first kappa shape index (κ1) is 29.8. The Hall–Kier alpha value is -3.79. The molecule has 0 radical (unpaired) electrons. The molecule has 1 heterocycles. The number of ether oxygens (including phenoxy) is 2. The van der Waals surface area contributed by atoms with Crippen LogP contribution in [0.2, 0.25) is 0 Å². The van der Waals surface area contributed by atoms with Crippen molar-refractivity contribution < 1.29 is 33.0 Å². The highest BCUT2D eigenvalue weighted by molar-refractivity contribution is 7.14. The van der Waals surface area contributed by atoms with E-state index >= 15 is 0 Å². The van der Waals surface area contributed by atoms with Crippen LogP contribution in [0.1, 0.15) is 68.3 Å². The monoisotopic (exact) mass is 558 g/mol. The number of aliphatic carboxylic acids is 1. The fourth-order valence-electron chi connectivity index (χ4n) is 3.86. The molecule has 0 bridgehead atoms. The molecule has 0 fully saturated rings. The van der Waals surface area contributed by atoms with Crippen LogP contribution in [0.3, 0.4) is 0 Å². The number of amides is 1. The molecule has 0 aliphatic heterocycles. The van der Waals surface area contributed by atoms with Crippen molar-refractivity contribution >= 4 is 34.4 Å². The van der Waals surface area contributed by atoms with Gasteiger partial charge in [0, 0.05) is 27.6 Å². The van der Waals surface area contributed by atoms with Crippen LogP contribution in [0.4, 0.5) is 13.9 Å². The number of hydrogen-bond acceptors (Lipinski definition) is 6. The molecule has 3 aromatic rings. The Morgan fingerprint density at radius 1 is 1.10 bits per heavy atom. The predicted octanol–water partition coefficient (Wildman–Crippen LogP) is 7.58. The van der Waals surface area contributed by atoms with Gasteiger partial charge in [0.2, 0.25) is 0 Å². The maximum absolute atomic E-state index is 14.5. The van der Waals surface area contributed by atoms with E-state index in [1.807, 2.05) is 18.2 Å². The quantitative estimate of drug-likeness (QED) is 0.156. The Morgan fingerprint density at radius 3 is 2.46 bits per heavy atom. The number of anilines is 1. The highest BCUT2D eigenvalue weighted by Gasteiger charge is 2.18. The number of carbonyl (C=O) groups excluding carboxylic acids is 1. The average Bonchev–Trinajstić information content (AvgIpc) is 3.37. The van der Waals surface area contributed by atoms with Crippen molar-refractivity contribution in [1.82, 2.24) is 4.98 Å². The summed E-state index contributed by atoms with van der Waals surface area (Å²) in [5.41, 5.74) is 0.173. The highest BCUT2D eigenvalue weighted by atomic mass is 32.1. The summed E-state index contributed by atoms with van der Waals surface area (Å²) in [4.78, 5) is 28.1. The van der Waals surface area contributed by atoms with Crippen molar-refractivity contribution in [2.45, 2.75) is 52.4 Å². The maximum atomic E-state index is 14.5. The van der Waals surface area contributed by atoms with Gasteiger partial charge in [-0.05, 0) is 43.7 Å². The van der Waals surface area contributed by atoms with Gasteiger partial charge in [-0.1, -0.05) is 45.1 Å². The molecule has 7 nitrogen and oxygen atoms in total. The van der Waals surface area contributed by atoms with Gasteiger partial charge in [-0.25, -0.2) is 18.6 Å². The van der Waals surface area contributed by atoms with Gasteiger partial charge >= 0.3 is 5.97 Å². The van der Waals surface area contributed by atoms with E-state index in [4.69, 9.17) is 14.6 Å². The number of aromatic nitrogens is 1. The number of carboxylic acid groups (broad SMARTS) is 1. The van der Waals surface area contributed by atoms with Gasteiger partial charge in [-0.3, -0.25) is 10.1 Å². The second kappa shape index (κ2) is 14.4. The van der Waals surface area contributed by atoms with Crippen LogP contribution in [-0.2, 0) is 4.79 Å². The molecule has 0 aliphatic rings. The van der Waals surface area contributed by atoms with Gasteiger partial charge in [0.05, 0.1) is 19.4 Å². The number of methoxy groups -OCH3 is 1. The fraction of sp³-hybridized carbons (Fsp3) is 0.345. The summed E-state index contributed by atoms with van der Waals surface area (Å²) in [5.74, 6) is -3.05. The third-order valence-corrected chi connectivity index (χ3v) is 6.74. The fourth-order valence-corrected chi connectivity index (χ4v) is 4.57. The zero-order chi connectivity index (χ0) is 28.4. The molecule has 1 amide bonds. The first-order chi connectivity index (χ1) is 18.7. The van der Waals surface area contributed by atoms with Crippen LogP contribution in [0, 0.1) is 11.6 Å². The maximum Gasteiger partial charge on any atom is 0.331 e. The smallest absolute Gasteiger partial charge is 0.331 e. The van der Waals surface area contributed by atoms with E-state index in [0.29, 0.717) is 29.4 Å². The lowest BCUT2D eigenvalue weighted by molar-refractivity contribution is -0.132. The lowest BCUT2D eigenvalue weighted by Crippen LogP contribution is -2.13. The Bertz CT molecular complexity index is 1320. The highest BCUT2D eigenvalue weighted by Crippen LogP contribution is 2.39. The summed E-state index contributed by atoms with van der Waals surface area (Å²) in [6, 6.07) is 7.18. The van der Waals surface area contributed by atoms with Crippen LogP contribution in [0.25, 0.3) is 17.3 Å². The van der Waals surface area contributed by atoms with E-state index in [1.54, 1.807) is 12.5 Å². The number of nitrogens with one attached hydrogen (secondary N) is 1. The molecule has 0 aliphatic carbocycles. The molecule has 0 spiro atoms. The van der Waals surface area contributed by atoms with Crippen LogP contribution in [-0.4, -0.2) is 35.7 Å². The number of halogens is 2. The van der Waals surface area contributed by atoms with E-state index in [2.05, 4.69) is 17.2 Å². The van der Waals surface area contributed by atoms with Crippen LogP contribution in [0.5, 0.6) is 11.5 Å². The number of thiazole rings is 1. The van der Waals surface area contributed by atoms with Crippen molar-refractivity contribution in [2.75, 3.05) is 19.0 Å². The number of carboxylic acids is 1. The molecule has 10 heteroatoms. The van der Waals surface area contributed by atoms with Crippen LogP contribution >= 0.6 is 11.3 Å². The van der Waals surface area contributed by atoms with E-state index in [0.717, 1.165) is 42.4 Å². The zero-order valence-corrected chi connectivity index (χ0v) is 23.0. The molecule has 2 aromatic carbocycles. The summed E-state index contributed by atoms with van der Waals surface area (Å²) in [6.45, 7) is 3.98. The Balaban J connectivity index is 1.70. The number of hydrogen-bond donors (Lipinski definition) is 2. The lowest BCUT2D eigenvalue weighted by Gasteiger charge is -2.13. The Kier molecular flexibility index (Phi) is 11.0. The summed E-state index contributed by atoms with van der Waals surface area (Å²) in [6.07, 6.45) is 7.80. The summed E-state index contributed by atoms with van der Waals surface area (Å²) in [7, 11) is 1.55. The minimum absolute atomic E-state index is 0.224. The average molecular weight is 559 g/mol. The zero-order valence-electron chi connectivity index (χ0n) is 22.2. The van der Waals surface area contributed by atoms with Gasteiger partial charge in [0.25, 0.3) is 5.91 Å². The minimum atomic E-state index is -1.30. The normalized spacial score (nSPS) is 11.4. The van der Waals surface area contributed by atoms with Crippen LogP contribution < -0.4 is 14.8 Å². The third-order valence-electron chi connectivity index (χ3n) is 5.98. The van der Waals surface area contributed by atoms with E-state index in [1.165, 1.54) is 32.6 Å². The van der Waals surface area contributed by atoms with Gasteiger partial charge < -0.3 is 14.6 Å². The lowest BCUT2D eigenvalue weighted by atomic mass is 10.1. The van der Waals surface area contributed by atoms with Crippen molar-refractivity contribution in [3.8, 4) is 22.8 Å². The van der Waals surface area contributed by atoms with Gasteiger partial charge in [-0.2, -0.15) is 0 Å². The standard InChI is InChI=1S/C29H32F2N2O5S/c1-4-5-6-7-8-9-13-38-25-12-10-11-20(26(25)37-3)24-17-39-29(32-24)33-27(34)19-15-22(30)21(23(31)16-19)14-18(2)28(35)36/h10-12,14-17H,4-9,13H2,1-3H3,(H,35,36)(H,32,33,34). The molecule has 1 aromatic heterocycles. The molecule has 39 heavy (non-hydrogen) atoms. The molecule has 208 valence electrons. The van der Waals surface area contributed by atoms with Crippen molar-refractivity contribution in [3.63, 3.8) is 0 Å². The summed E-state index contributed by atoms with van der Waals surface area (Å²) >= 11 is 1.14. The SMILES string of the molecule is CCCCCCCCOc1cccc(-c2csc(NC(=O)c3cc(F)c(C=C(C)C(=O)O)c(F)c3)n2)c1OC. The third kappa shape index (κ3) is 8.10. The number of benzene rings is 2. The molecule has 3 rings (SSSR count). The number of rotatable bonds is 14. The largest absolute Gasteiger partial charge is 0.492 e. The number of nitrogens with zero attached hydrogens (tertiary/aromatic N) is 1. The van der Waals surface area contributed by atoms with Gasteiger partial charge in [0.1, 0.15) is 11.6 Å². The Morgan fingerprint density at radius 2 is 1.79 bits per heavy atom. The molecule has 0 saturated carbocycles. The summed E-state index contributed by atoms with van der Waals surface area (Å²) < 4.78 is 40.5. The second-order valence-electron chi connectivity index (χ2n) is 8.93. The van der Waals surface area contributed by atoms with Crippen LogP contribution in [0.15, 0.2) is 41.3 Å². The number of para-hydroxylation sites is 1. The first-order valence-corrected chi connectivity index (χ1v) is 13.6. The van der Waals surface area contributed by atoms with E-state index in [-0.39, 0.29) is 16.3 Å². The first-order valence-electron chi connectivity index (χ1n) is 12.7. The predicted molar refractivity (Wildman–Crippen MR) is 149 cm³/mol. The number of unbranched alkanes of at least 4 members (excludes halogenated alkanes) is 5. The van der Waals surface area contributed by atoms with Gasteiger partial charge in [-0.15, -0.1) is 11.3 Å². The minimum Gasteiger partial charge on any atom is -0.492 e. The molecular formula is C29H32F2N2O5S. The van der Waals surface area contributed by atoms with E-state index < -0.39 is 29.1 Å². The summed E-state index contributed by atoms with van der Waals surface area (Å²) in [5, 5.41) is 13.5.